The Kier molecular flexibility index (Phi) is 3.56. The Hall–Kier alpha value is -2.07. The molecule has 1 aromatic carbocycles. The summed E-state index contributed by atoms with van der Waals surface area (Å²) in [6.45, 7) is 5.01. The van der Waals surface area contributed by atoms with Crippen molar-refractivity contribution in [3.05, 3.63) is 64.1 Å². The molecule has 0 aliphatic heterocycles. The molecule has 3 aromatic rings. The van der Waals surface area contributed by atoms with E-state index in [9.17, 15) is 0 Å². The second-order valence-electron chi connectivity index (χ2n) is 4.84. The number of aryl methyl sites for hydroxylation is 2. The van der Waals surface area contributed by atoms with Gasteiger partial charge in [-0.2, -0.15) is 0 Å². The van der Waals surface area contributed by atoms with Crippen molar-refractivity contribution < 1.29 is 0 Å². The maximum Gasteiger partial charge on any atom is 0.207 e. The molecule has 3 nitrogen and oxygen atoms in total. The molecule has 1 N–H and O–H groups in total. The molecule has 0 fully saturated rings. The molecule has 0 spiro atoms. The lowest BCUT2D eigenvalue weighted by Crippen LogP contribution is -2.03. The fourth-order valence-corrected chi connectivity index (χ4v) is 3.05. The van der Waals surface area contributed by atoms with Crippen molar-refractivity contribution in [2.75, 3.05) is 5.32 Å². The first-order chi connectivity index (χ1) is 9.70. The number of para-hydroxylation sites is 1. The number of hydrogen-bond acceptors (Lipinski definition) is 3. The minimum absolute atomic E-state index is 0.856. The van der Waals surface area contributed by atoms with Crippen LogP contribution in [-0.4, -0.2) is 9.55 Å². The fourth-order valence-electron chi connectivity index (χ4n) is 2.16. The molecule has 0 atom stereocenters. The molecule has 0 unspecified atom stereocenters. The van der Waals surface area contributed by atoms with Crippen molar-refractivity contribution in [2.45, 2.75) is 20.4 Å². The number of nitrogens with one attached hydrogen (secondary N) is 1. The molecule has 0 bridgehead atoms. The van der Waals surface area contributed by atoms with Gasteiger partial charge in [0, 0.05) is 21.6 Å². The van der Waals surface area contributed by atoms with Gasteiger partial charge in [-0.3, -0.25) is 0 Å². The lowest BCUT2D eigenvalue weighted by Gasteiger charge is -2.08. The molecule has 2 aromatic heterocycles. The van der Waals surface area contributed by atoms with Gasteiger partial charge in [-0.1, -0.05) is 18.2 Å². The van der Waals surface area contributed by atoms with E-state index in [1.165, 1.54) is 9.75 Å². The van der Waals surface area contributed by atoms with Gasteiger partial charge >= 0.3 is 0 Å². The third-order valence-corrected chi connectivity index (χ3v) is 4.03. The van der Waals surface area contributed by atoms with Gasteiger partial charge < -0.3 is 9.88 Å². The Morgan fingerprint density at radius 3 is 2.60 bits per heavy atom. The van der Waals surface area contributed by atoms with E-state index in [1.807, 2.05) is 48.6 Å². The summed E-state index contributed by atoms with van der Waals surface area (Å²) in [6.07, 6.45) is 2.08. The number of benzene rings is 1. The number of nitrogens with zero attached hydrogens (tertiary/aromatic N) is 2. The van der Waals surface area contributed by atoms with Crippen LogP contribution in [0.3, 0.4) is 0 Å². The second-order valence-corrected chi connectivity index (χ2v) is 6.21. The highest BCUT2D eigenvalue weighted by Crippen LogP contribution is 2.21. The van der Waals surface area contributed by atoms with Crippen molar-refractivity contribution in [3.63, 3.8) is 0 Å². The third kappa shape index (κ3) is 2.91. The van der Waals surface area contributed by atoms with E-state index < -0.39 is 0 Å². The molecule has 102 valence electrons. The SMILES string of the molecule is Cc1cn(Cc2ccc(C)s2)c(Nc2ccccc2)n1. The average molecular weight is 283 g/mol. The molecule has 3 rings (SSSR count). The zero-order chi connectivity index (χ0) is 13.9. The highest BCUT2D eigenvalue weighted by atomic mass is 32.1. The van der Waals surface area contributed by atoms with Crippen molar-refractivity contribution in [1.29, 1.82) is 0 Å². The quantitative estimate of drug-likeness (QED) is 0.771. The lowest BCUT2D eigenvalue weighted by atomic mass is 10.3. The number of rotatable bonds is 4. The van der Waals surface area contributed by atoms with E-state index in [2.05, 4.69) is 40.1 Å². The van der Waals surface area contributed by atoms with Crippen molar-refractivity contribution >= 4 is 23.0 Å². The first-order valence-corrected chi connectivity index (χ1v) is 7.43. The van der Waals surface area contributed by atoms with Crippen molar-refractivity contribution in [2.24, 2.45) is 0 Å². The predicted molar refractivity (Wildman–Crippen MR) is 84.8 cm³/mol. The summed E-state index contributed by atoms with van der Waals surface area (Å²) in [7, 11) is 0. The van der Waals surface area contributed by atoms with Crippen LogP contribution in [0.2, 0.25) is 0 Å². The average Bonchev–Trinajstić information content (AvgIpc) is 2.98. The second kappa shape index (κ2) is 5.51. The topological polar surface area (TPSA) is 29.9 Å². The first kappa shape index (κ1) is 12.9. The van der Waals surface area contributed by atoms with Gasteiger partial charge in [-0.05, 0) is 38.1 Å². The highest BCUT2D eigenvalue weighted by molar-refractivity contribution is 7.11. The monoisotopic (exact) mass is 283 g/mol. The number of anilines is 2. The van der Waals surface area contributed by atoms with Crippen LogP contribution in [0.1, 0.15) is 15.4 Å². The molecular weight excluding hydrogens is 266 g/mol. The maximum absolute atomic E-state index is 4.57. The van der Waals surface area contributed by atoms with Crippen LogP contribution in [0, 0.1) is 13.8 Å². The van der Waals surface area contributed by atoms with Gasteiger partial charge in [-0.15, -0.1) is 11.3 Å². The largest absolute Gasteiger partial charge is 0.326 e. The van der Waals surface area contributed by atoms with Gasteiger partial charge in [0.15, 0.2) is 0 Å². The fraction of sp³-hybridized carbons (Fsp3) is 0.188. The van der Waals surface area contributed by atoms with Crippen LogP contribution < -0.4 is 5.32 Å². The summed E-state index contributed by atoms with van der Waals surface area (Å²) in [4.78, 5) is 7.25. The maximum atomic E-state index is 4.57. The van der Waals surface area contributed by atoms with Gasteiger partial charge in [0.1, 0.15) is 0 Å². The standard InChI is InChI=1S/C16H17N3S/c1-12-10-19(11-15-9-8-13(2)20-15)16(17-12)18-14-6-4-3-5-7-14/h3-10H,11H2,1-2H3,(H,17,18). The Balaban J connectivity index is 1.84. The number of hydrogen-bond donors (Lipinski definition) is 1. The molecule has 4 heteroatoms. The molecule has 2 heterocycles. The Labute approximate surface area is 122 Å². The smallest absolute Gasteiger partial charge is 0.207 e. The lowest BCUT2D eigenvalue weighted by molar-refractivity contribution is 0.820. The molecule has 0 saturated carbocycles. The van der Waals surface area contributed by atoms with Crippen LogP contribution in [-0.2, 0) is 6.54 Å². The van der Waals surface area contributed by atoms with E-state index in [4.69, 9.17) is 0 Å². The van der Waals surface area contributed by atoms with Crippen LogP contribution in [0.5, 0.6) is 0 Å². The number of thiophene rings is 1. The van der Waals surface area contributed by atoms with E-state index >= 15 is 0 Å². The van der Waals surface area contributed by atoms with Crippen molar-refractivity contribution in [1.82, 2.24) is 9.55 Å². The van der Waals surface area contributed by atoms with E-state index in [0.29, 0.717) is 0 Å². The summed E-state index contributed by atoms with van der Waals surface area (Å²) >= 11 is 1.83. The summed E-state index contributed by atoms with van der Waals surface area (Å²) in [6, 6.07) is 14.5. The minimum Gasteiger partial charge on any atom is -0.326 e. The van der Waals surface area contributed by atoms with Gasteiger partial charge in [-0.25, -0.2) is 4.98 Å². The summed E-state index contributed by atoms with van der Waals surface area (Å²) in [5.74, 6) is 0.889. The Morgan fingerprint density at radius 1 is 1.10 bits per heavy atom. The normalized spacial score (nSPS) is 10.7. The molecule has 20 heavy (non-hydrogen) atoms. The van der Waals surface area contributed by atoms with Crippen molar-refractivity contribution in [3.8, 4) is 0 Å². The zero-order valence-corrected chi connectivity index (χ0v) is 12.4. The Bertz CT molecular complexity index is 698. The first-order valence-electron chi connectivity index (χ1n) is 6.62. The molecule has 0 aliphatic rings. The molecular formula is C16H17N3S. The van der Waals surface area contributed by atoms with Gasteiger partial charge in [0.05, 0.1) is 12.2 Å². The summed E-state index contributed by atoms with van der Waals surface area (Å²) < 4.78 is 2.16. The summed E-state index contributed by atoms with van der Waals surface area (Å²) in [5.41, 5.74) is 2.08. The molecule has 0 radical (unpaired) electrons. The predicted octanol–water partition coefficient (Wildman–Crippen LogP) is 4.35. The molecule has 0 saturated heterocycles. The zero-order valence-electron chi connectivity index (χ0n) is 11.6. The van der Waals surface area contributed by atoms with Gasteiger partial charge in [0.25, 0.3) is 0 Å². The number of imidazole rings is 1. The highest BCUT2D eigenvalue weighted by Gasteiger charge is 2.07. The summed E-state index contributed by atoms with van der Waals surface area (Å²) in [5, 5.41) is 3.38. The van der Waals surface area contributed by atoms with Crippen LogP contribution in [0.4, 0.5) is 11.6 Å². The van der Waals surface area contributed by atoms with Crippen LogP contribution >= 0.6 is 11.3 Å². The van der Waals surface area contributed by atoms with Crippen LogP contribution in [0.25, 0.3) is 0 Å². The third-order valence-electron chi connectivity index (χ3n) is 3.05. The Morgan fingerprint density at radius 2 is 1.90 bits per heavy atom. The minimum atomic E-state index is 0.856. The van der Waals surface area contributed by atoms with Gasteiger partial charge in [0.2, 0.25) is 5.95 Å². The molecule has 0 amide bonds. The van der Waals surface area contributed by atoms with E-state index in [-0.39, 0.29) is 0 Å². The van der Waals surface area contributed by atoms with E-state index in [1.54, 1.807) is 0 Å². The van der Waals surface area contributed by atoms with E-state index in [0.717, 1.165) is 23.9 Å². The number of aromatic nitrogens is 2. The molecule has 0 aliphatic carbocycles. The van der Waals surface area contributed by atoms with Crippen LogP contribution in [0.15, 0.2) is 48.7 Å².